The first-order chi connectivity index (χ1) is 27.9. The Morgan fingerprint density at radius 2 is 1.05 bits per heavy atom. The van der Waals surface area contributed by atoms with Crippen LogP contribution in [0.15, 0.2) is 50.6 Å². The highest BCUT2D eigenvalue weighted by Crippen LogP contribution is 2.38. The lowest BCUT2D eigenvalue weighted by molar-refractivity contribution is -0.165. The average molecular weight is 859 g/mol. The molecule has 3 amide bonds. The Hall–Kier alpha value is -4.66. The van der Waals surface area contributed by atoms with Crippen LogP contribution in [-0.2, 0) is 38.1 Å². The van der Waals surface area contributed by atoms with Gasteiger partial charge < -0.3 is 29.0 Å². The molecule has 4 heterocycles. The number of aliphatic carboxylic acids is 1. The van der Waals surface area contributed by atoms with Gasteiger partial charge in [0.1, 0.15) is 40.0 Å². The number of carboxylic acids is 1. The first-order valence-corrected chi connectivity index (χ1v) is 21.2. The van der Waals surface area contributed by atoms with E-state index in [0.29, 0.717) is 51.6 Å². The summed E-state index contributed by atoms with van der Waals surface area (Å²) in [4.78, 5) is 78.7. The molecule has 4 aliphatic rings. The second-order valence-electron chi connectivity index (χ2n) is 19.8. The molecule has 344 valence electrons. The summed E-state index contributed by atoms with van der Waals surface area (Å²) in [5.41, 5.74) is -4.96. The van der Waals surface area contributed by atoms with Gasteiger partial charge in [0, 0.05) is 19.1 Å². The maximum absolute atomic E-state index is 13.9. The van der Waals surface area contributed by atoms with Crippen molar-refractivity contribution in [2.75, 3.05) is 13.1 Å². The Bertz CT molecular complexity index is 1650. The monoisotopic (exact) mass is 859 g/mol. The van der Waals surface area contributed by atoms with Crippen LogP contribution < -0.4 is 5.32 Å². The van der Waals surface area contributed by atoms with E-state index >= 15 is 0 Å². The van der Waals surface area contributed by atoms with Crippen LogP contribution in [0.25, 0.3) is 0 Å². The van der Waals surface area contributed by atoms with E-state index in [9.17, 15) is 33.9 Å². The molecular weight excluding hydrogens is 785 g/mol. The zero-order chi connectivity index (χ0) is 46.9. The number of nitrogens with zero attached hydrogens (tertiary/aromatic N) is 3. The van der Waals surface area contributed by atoms with Crippen molar-refractivity contribution in [1.29, 1.82) is 0 Å². The fourth-order valence-corrected chi connectivity index (χ4v) is 7.57. The zero-order valence-corrected chi connectivity index (χ0v) is 38.9. The number of likely N-dealkylation sites (tertiary alicyclic amines) is 3. The van der Waals surface area contributed by atoms with Gasteiger partial charge in [0.2, 0.25) is 0 Å². The number of carbonyl (C=O) groups excluding carboxylic acids is 5. The number of carboxylic acid groups (broad SMARTS) is 1. The number of rotatable bonds is 8. The van der Waals surface area contributed by atoms with Gasteiger partial charge in [0.25, 0.3) is 5.91 Å². The summed E-state index contributed by atoms with van der Waals surface area (Å²) in [6.07, 6.45) is 10.2. The quantitative estimate of drug-likeness (QED) is 0.140. The van der Waals surface area contributed by atoms with Gasteiger partial charge in [0.15, 0.2) is 5.54 Å². The van der Waals surface area contributed by atoms with Crippen LogP contribution in [0.2, 0.25) is 0 Å². The topological polar surface area (TPSA) is 181 Å². The van der Waals surface area contributed by atoms with Crippen molar-refractivity contribution < 1.29 is 52.8 Å². The van der Waals surface area contributed by atoms with Crippen LogP contribution in [0.4, 0.5) is 9.59 Å². The maximum Gasteiger partial charge on any atom is 0.411 e. The SMILES string of the molecule is C=C[C@@H]1CCC(C(=O)OC(C)(C)C)N1C(=O)[C@]1(C=C)CCCN1C(=O)OC(C)(C)C.C=C[C@@H]1CC[C@@H](C(=O)OC(C)(C)C)N1.C=C[C@@]1(C(=O)O)CCCN1C(=O)OC(C)(C)C. The van der Waals surface area contributed by atoms with E-state index < -0.39 is 63.6 Å². The maximum atomic E-state index is 13.9. The smallest absolute Gasteiger partial charge is 0.411 e. The van der Waals surface area contributed by atoms with Gasteiger partial charge in [0.05, 0.1) is 6.04 Å². The predicted molar refractivity (Wildman–Crippen MR) is 234 cm³/mol. The van der Waals surface area contributed by atoms with Crippen LogP contribution in [0, 0.1) is 0 Å². The van der Waals surface area contributed by atoms with E-state index in [0.717, 1.165) is 12.8 Å². The van der Waals surface area contributed by atoms with E-state index in [1.165, 1.54) is 26.9 Å². The predicted octanol–water partition coefficient (Wildman–Crippen LogP) is 7.49. The van der Waals surface area contributed by atoms with E-state index in [1.807, 2.05) is 26.8 Å². The molecule has 6 atom stereocenters. The van der Waals surface area contributed by atoms with Crippen LogP contribution in [-0.4, -0.2) is 127 Å². The van der Waals surface area contributed by atoms with Crippen molar-refractivity contribution in [3.8, 4) is 0 Å². The molecule has 0 aliphatic carbocycles. The van der Waals surface area contributed by atoms with Crippen molar-refractivity contribution in [2.45, 2.75) is 192 Å². The molecule has 4 saturated heterocycles. The third-order valence-corrected chi connectivity index (χ3v) is 10.3. The summed E-state index contributed by atoms with van der Waals surface area (Å²) in [7, 11) is 0. The Labute approximate surface area is 363 Å². The van der Waals surface area contributed by atoms with E-state index in [4.69, 9.17) is 18.9 Å². The average Bonchev–Trinajstić information content (AvgIpc) is 3.93. The van der Waals surface area contributed by atoms with Crippen molar-refractivity contribution in [1.82, 2.24) is 20.0 Å². The lowest BCUT2D eigenvalue weighted by atomic mass is 9.93. The molecule has 0 aromatic heterocycles. The molecule has 0 saturated carbocycles. The van der Waals surface area contributed by atoms with Crippen LogP contribution in [0.5, 0.6) is 0 Å². The summed E-state index contributed by atoms with van der Waals surface area (Å²) >= 11 is 0. The first kappa shape index (κ1) is 52.5. The summed E-state index contributed by atoms with van der Waals surface area (Å²) in [6, 6.07) is -0.935. The number of esters is 2. The lowest BCUT2D eigenvalue weighted by Crippen LogP contribution is -2.61. The van der Waals surface area contributed by atoms with E-state index in [2.05, 4.69) is 31.6 Å². The number of hydrogen-bond acceptors (Lipinski definition) is 11. The van der Waals surface area contributed by atoms with Crippen molar-refractivity contribution in [3.05, 3.63) is 50.6 Å². The second-order valence-corrected chi connectivity index (χ2v) is 19.8. The molecular formula is C46H74N4O11. The normalized spacial score (nSPS) is 26.4. The first-order valence-electron chi connectivity index (χ1n) is 21.2. The van der Waals surface area contributed by atoms with Crippen LogP contribution in [0.1, 0.15) is 134 Å². The molecule has 0 aromatic rings. The third kappa shape index (κ3) is 14.2. The molecule has 0 radical (unpaired) electrons. The fourth-order valence-electron chi connectivity index (χ4n) is 7.57. The van der Waals surface area contributed by atoms with Gasteiger partial charge in [-0.05, 0) is 134 Å². The molecule has 0 aromatic carbocycles. The van der Waals surface area contributed by atoms with Crippen LogP contribution in [0.3, 0.4) is 0 Å². The van der Waals surface area contributed by atoms with E-state index in [1.54, 1.807) is 68.4 Å². The van der Waals surface area contributed by atoms with Gasteiger partial charge in [-0.2, -0.15) is 0 Å². The van der Waals surface area contributed by atoms with Gasteiger partial charge >= 0.3 is 30.1 Å². The molecule has 15 nitrogen and oxygen atoms in total. The third-order valence-electron chi connectivity index (χ3n) is 10.3. The molecule has 0 spiro atoms. The molecule has 1 unspecified atom stereocenters. The highest BCUT2D eigenvalue weighted by molar-refractivity contribution is 5.96. The number of amides is 3. The minimum atomic E-state index is -1.32. The minimum Gasteiger partial charge on any atom is -0.479 e. The number of carbonyl (C=O) groups is 6. The number of nitrogens with one attached hydrogen (secondary N) is 1. The molecule has 0 bridgehead atoms. The molecule has 61 heavy (non-hydrogen) atoms. The highest BCUT2D eigenvalue weighted by Gasteiger charge is 2.55. The molecule has 4 rings (SSSR count). The van der Waals surface area contributed by atoms with Gasteiger partial charge in [-0.25, -0.2) is 19.2 Å². The van der Waals surface area contributed by atoms with Crippen molar-refractivity contribution >= 4 is 36.0 Å². The molecule has 4 fully saturated rings. The Balaban J connectivity index is 0.000000348. The minimum absolute atomic E-state index is 0.151. The molecule has 2 N–H and O–H groups in total. The van der Waals surface area contributed by atoms with E-state index in [-0.39, 0.29) is 30.0 Å². The van der Waals surface area contributed by atoms with Gasteiger partial charge in [-0.15, -0.1) is 26.3 Å². The fraction of sp³-hybridized carbons (Fsp3) is 0.696. The standard InChI is InChI=1S/C23H36N2O5.C12H19NO4.C11H19NO2/c1-9-16-12-13-17(18(26)29-21(3,4)5)25(16)19(27)23(10-2)14-11-15-24(23)20(28)30-22(6,7)8;1-5-12(9(14)15)7-6-8-13(12)10(16)17-11(2,3)4;1-5-8-6-7-9(12-8)10(13)14-11(2,3)4/h9-10,16-17H,1-2,11-15H2,3-8H3;5H,1,6-8H2,2-4H3,(H,14,15);5,8-9,12H,1,6-7H2,2-4H3/t16-,17?,23+;12-;8-,9+/m101/s1. The zero-order valence-electron chi connectivity index (χ0n) is 38.9. The molecule has 4 aliphatic heterocycles. The van der Waals surface area contributed by atoms with Gasteiger partial charge in [-0.1, -0.05) is 24.3 Å². The Kier molecular flexibility index (Phi) is 17.6. The highest BCUT2D eigenvalue weighted by atomic mass is 16.6. The number of hydrogen-bond donors (Lipinski definition) is 2. The van der Waals surface area contributed by atoms with Crippen molar-refractivity contribution in [3.63, 3.8) is 0 Å². The Morgan fingerprint density at radius 1 is 0.607 bits per heavy atom. The van der Waals surface area contributed by atoms with Crippen LogP contribution >= 0.6 is 0 Å². The molecule has 15 heteroatoms. The number of ether oxygens (including phenoxy) is 4. The lowest BCUT2D eigenvalue weighted by Gasteiger charge is -2.41. The summed E-state index contributed by atoms with van der Waals surface area (Å²) in [5, 5.41) is 12.4. The largest absolute Gasteiger partial charge is 0.479 e. The summed E-state index contributed by atoms with van der Waals surface area (Å²) in [5.74, 6) is -1.99. The second kappa shape index (κ2) is 20.5. The van der Waals surface area contributed by atoms with Crippen molar-refractivity contribution in [2.24, 2.45) is 0 Å². The summed E-state index contributed by atoms with van der Waals surface area (Å²) in [6.45, 7) is 37.3. The summed E-state index contributed by atoms with van der Waals surface area (Å²) < 4.78 is 21.6. The van der Waals surface area contributed by atoms with Gasteiger partial charge in [-0.3, -0.25) is 24.7 Å². The Morgan fingerprint density at radius 3 is 1.44 bits per heavy atom.